The lowest BCUT2D eigenvalue weighted by molar-refractivity contribution is -0.140. The number of halogens is 1. The van der Waals surface area contributed by atoms with Crippen LogP contribution in [0.25, 0.3) is 0 Å². The number of allylic oxidation sites excluding steroid dienone is 2. The van der Waals surface area contributed by atoms with Crippen LogP contribution in [0.3, 0.4) is 0 Å². The third kappa shape index (κ3) is 4.21. The monoisotopic (exact) mass is 553 g/mol. The average Bonchev–Trinajstić information content (AvgIpc) is 3.59. The summed E-state index contributed by atoms with van der Waals surface area (Å²) in [6.07, 6.45) is 9.35. The zero-order valence-corrected chi connectivity index (χ0v) is 20.7. The molecule has 4 aliphatic rings. The SMILES string of the molecule is CN=C(NCCN1C(=O)C2C3C=CC(C3)C2C1=O)NCC(c1ccco1)N1CCCC1.I. The van der Waals surface area contributed by atoms with Gasteiger partial charge in [-0.2, -0.15) is 0 Å². The molecule has 32 heavy (non-hydrogen) atoms. The molecule has 2 bridgehead atoms. The van der Waals surface area contributed by atoms with Gasteiger partial charge < -0.3 is 15.1 Å². The molecule has 0 aromatic carbocycles. The van der Waals surface area contributed by atoms with Crippen molar-refractivity contribution >= 4 is 41.8 Å². The summed E-state index contributed by atoms with van der Waals surface area (Å²) in [5, 5.41) is 6.65. The summed E-state index contributed by atoms with van der Waals surface area (Å²) in [6, 6.07) is 4.09. The van der Waals surface area contributed by atoms with Crippen molar-refractivity contribution in [3.63, 3.8) is 0 Å². The van der Waals surface area contributed by atoms with E-state index in [0.717, 1.165) is 25.3 Å². The molecule has 2 aliphatic carbocycles. The fourth-order valence-corrected chi connectivity index (χ4v) is 5.83. The van der Waals surface area contributed by atoms with Gasteiger partial charge in [-0.25, -0.2) is 0 Å². The van der Waals surface area contributed by atoms with Crippen LogP contribution in [-0.4, -0.2) is 67.3 Å². The number of nitrogens with one attached hydrogen (secondary N) is 2. The second-order valence-corrected chi connectivity index (χ2v) is 8.98. The number of likely N-dealkylation sites (tertiary alicyclic amines) is 2. The number of hydrogen-bond acceptors (Lipinski definition) is 5. The summed E-state index contributed by atoms with van der Waals surface area (Å²) in [5.41, 5.74) is 0. The van der Waals surface area contributed by atoms with Gasteiger partial charge in [0.25, 0.3) is 0 Å². The van der Waals surface area contributed by atoms with Crippen LogP contribution in [0.1, 0.15) is 31.1 Å². The van der Waals surface area contributed by atoms with E-state index in [-0.39, 0.29) is 65.5 Å². The fraction of sp³-hybridized carbons (Fsp3) is 0.609. The van der Waals surface area contributed by atoms with E-state index in [0.29, 0.717) is 25.6 Å². The molecular formula is C23H32IN5O3. The minimum atomic E-state index is -0.130. The van der Waals surface area contributed by atoms with Crippen LogP contribution in [0.4, 0.5) is 0 Å². The van der Waals surface area contributed by atoms with Gasteiger partial charge in [0.05, 0.1) is 24.1 Å². The summed E-state index contributed by atoms with van der Waals surface area (Å²) in [5.74, 6) is 1.87. The first-order valence-corrected chi connectivity index (χ1v) is 11.4. The fourth-order valence-electron chi connectivity index (χ4n) is 5.83. The molecule has 9 heteroatoms. The average molecular weight is 553 g/mol. The molecule has 5 rings (SSSR count). The van der Waals surface area contributed by atoms with Crippen molar-refractivity contribution in [3.8, 4) is 0 Å². The summed E-state index contributed by atoms with van der Waals surface area (Å²) >= 11 is 0. The molecule has 1 aromatic heterocycles. The van der Waals surface area contributed by atoms with Gasteiger partial charge in [0.1, 0.15) is 5.76 Å². The molecule has 3 fully saturated rings. The van der Waals surface area contributed by atoms with E-state index in [4.69, 9.17) is 4.42 Å². The second-order valence-electron chi connectivity index (χ2n) is 8.98. The molecule has 1 saturated carbocycles. The summed E-state index contributed by atoms with van der Waals surface area (Å²) in [4.78, 5) is 33.8. The van der Waals surface area contributed by atoms with Gasteiger partial charge in [0.15, 0.2) is 5.96 Å². The highest BCUT2D eigenvalue weighted by Gasteiger charge is 2.58. The number of guanidine groups is 1. The predicted octanol–water partition coefficient (Wildman–Crippen LogP) is 2.01. The van der Waals surface area contributed by atoms with Crippen LogP contribution >= 0.6 is 24.0 Å². The van der Waals surface area contributed by atoms with E-state index >= 15 is 0 Å². The van der Waals surface area contributed by atoms with Crippen molar-refractivity contribution < 1.29 is 14.0 Å². The van der Waals surface area contributed by atoms with Crippen molar-refractivity contribution in [2.75, 3.05) is 39.8 Å². The number of hydrogen-bond donors (Lipinski definition) is 2. The molecule has 2 saturated heterocycles. The Hall–Kier alpha value is -1.88. The Morgan fingerprint density at radius 3 is 2.44 bits per heavy atom. The first kappa shape index (κ1) is 23.3. The Morgan fingerprint density at radius 1 is 1.16 bits per heavy atom. The third-order valence-corrected chi connectivity index (χ3v) is 7.33. The largest absolute Gasteiger partial charge is 0.468 e. The molecule has 5 unspecified atom stereocenters. The number of fused-ring (bicyclic) bond motifs is 5. The van der Waals surface area contributed by atoms with E-state index in [2.05, 4.69) is 32.7 Å². The van der Waals surface area contributed by atoms with Crippen molar-refractivity contribution in [3.05, 3.63) is 36.3 Å². The number of aliphatic imine (C=N–C) groups is 1. The highest BCUT2D eigenvalue weighted by Crippen LogP contribution is 2.52. The number of imide groups is 1. The number of nitrogens with zero attached hydrogens (tertiary/aromatic N) is 3. The Morgan fingerprint density at radius 2 is 1.84 bits per heavy atom. The zero-order valence-electron chi connectivity index (χ0n) is 18.4. The standard InChI is InChI=1S/C23H31N5O3.HI/c1-24-23(26-14-17(18-5-4-12-31-18)27-9-2-3-10-27)25-8-11-28-21(29)19-15-6-7-16(13-15)20(19)22(28)30;/h4-7,12,15-17,19-20H,2-3,8-11,13-14H2,1H3,(H2,24,25,26);1H. The lowest BCUT2D eigenvalue weighted by Crippen LogP contribution is -2.45. The van der Waals surface area contributed by atoms with Crippen molar-refractivity contribution in [2.45, 2.75) is 25.3 Å². The van der Waals surface area contributed by atoms with Crippen LogP contribution in [-0.2, 0) is 9.59 Å². The summed E-state index contributed by atoms with van der Waals surface area (Å²) < 4.78 is 5.68. The summed E-state index contributed by atoms with van der Waals surface area (Å²) in [6.45, 7) is 3.66. The Labute approximate surface area is 205 Å². The number of rotatable bonds is 7. The van der Waals surface area contributed by atoms with Gasteiger partial charge in [0.2, 0.25) is 11.8 Å². The van der Waals surface area contributed by atoms with Crippen molar-refractivity contribution in [2.24, 2.45) is 28.7 Å². The minimum Gasteiger partial charge on any atom is -0.468 e. The molecule has 5 atom stereocenters. The lowest BCUT2D eigenvalue weighted by Gasteiger charge is -2.27. The number of amides is 2. The molecule has 2 N–H and O–H groups in total. The molecule has 8 nitrogen and oxygen atoms in total. The second kappa shape index (κ2) is 9.94. The van der Waals surface area contributed by atoms with E-state index in [1.807, 2.05) is 12.1 Å². The molecule has 0 radical (unpaired) electrons. The van der Waals surface area contributed by atoms with Crippen LogP contribution in [0.15, 0.2) is 40.0 Å². The number of carbonyl (C=O) groups is 2. The van der Waals surface area contributed by atoms with Gasteiger partial charge in [0, 0.05) is 26.7 Å². The van der Waals surface area contributed by atoms with Gasteiger partial charge in [-0.1, -0.05) is 12.2 Å². The van der Waals surface area contributed by atoms with Crippen LogP contribution in [0.5, 0.6) is 0 Å². The molecule has 0 spiro atoms. The zero-order chi connectivity index (χ0) is 21.4. The predicted molar refractivity (Wildman–Crippen MR) is 131 cm³/mol. The van der Waals surface area contributed by atoms with E-state index in [1.165, 1.54) is 17.7 Å². The maximum atomic E-state index is 12.8. The smallest absolute Gasteiger partial charge is 0.233 e. The number of carbonyl (C=O) groups excluding carboxylic acids is 2. The first-order valence-electron chi connectivity index (χ1n) is 11.4. The van der Waals surface area contributed by atoms with Gasteiger partial charge in [-0.05, 0) is 56.3 Å². The normalized spacial score (nSPS) is 30.0. The van der Waals surface area contributed by atoms with E-state index in [1.54, 1.807) is 13.3 Å². The van der Waals surface area contributed by atoms with Crippen molar-refractivity contribution in [1.82, 2.24) is 20.4 Å². The van der Waals surface area contributed by atoms with Gasteiger partial charge in [-0.3, -0.25) is 24.4 Å². The maximum Gasteiger partial charge on any atom is 0.233 e. The Bertz CT molecular complexity index is 850. The third-order valence-electron chi connectivity index (χ3n) is 7.33. The molecule has 2 aliphatic heterocycles. The highest BCUT2D eigenvalue weighted by atomic mass is 127. The molecule has 174 valence electrons. The molecule has 3 heterocycles. The Balaban J connectivity index is 0.00000245. The summed E-state index contributed by atoms with van der Waals surface area (Å²) in [7, 11) is 1.73. The topological polar surface area (TPSA) is 90.2 Å². The maximum absolute atomic E-state index is 12.8. The van der Waals surface area contributed by atoms with Crippen molar-refractivity contribution in [1.29, 1.82) is 0 Å². The number of furan rings is 1. The molecule has 1 aromatic rings. The molecule has 2 amide bonds. The molecular weight excluding hydrogens is 521 g/mol. The van der Waals surface area contributed by atoms with E-state index in [9.17, 15) is 9.59 Å². The quantitative estimate of drug-likeness (QED) is 0.177. The van der Waals surface area contributed by atoms with E-state index < -0.39 is 0 Å². The van der Waals surface area contributed by atoms with Gasteiger partial charge >= 0.3 is 0 Å². The van der Waals surface area contributed by atoms with Crippen LogP contribution in [0.2, 0.25) is 0 Å². The van der Waals surface area contributed by atoms with Gasteiger partial charge in [-0.15, -0.1) is 24.0 Å². The lowest BCUT2D eigenvalue weighted by atomic mass is 9.85. The minimum absolute atomic E-state index is 0. The Kier molecular flexibility index (Phi) is 7.24. The van der Waals surface area contributed by atoms with Crippen LogP contribution < -0.4 is 10.6 Å². The highest BCUT2D eigenvalue weighted by molar-refractivity contribution is 14.0. The first-order chi connectivity index (χ1) is 15.2. The van der Waals surface area contributed by atoms with Crippen LogP contribution in [0, 0.1) is 23.7 Å².